The Morgan fingerprint density at radius 1 is 1.11 bits per heavy atom. The van der Waals surface area contributed by atoms with Crippen LogP contribution in [0, 0.1) is 5.82 Å². The van der Waals surface area contributed by atoms with Crippen molar-refractivity contribution in [2.75, 3.05) is 37.9 Å². The van der Waals surface area contributed by atoms with Crippen LogP contribution in [0.2, 0.25) is 0 Å². The van der Waals surface area contributed by atoms with Crippen LogP contribution in [0.3, 0.4) is 0 Å². The third kappa shape index (κ3) is 7.22. The second kappa shape index (κ2) is 12.0. The Morgan fingerprint density at radius 2 is 1.86 bits per heavy atom. The largest absolute Gasteiger partial charge is 0.493 e. The number of hydrogen-bond donors (Lipinski definition) is 3. The molecule has 0 heterocycles. The van der Waals surface area contributed by atoms with E-state index in [1.807, 2.05) is 6.92 Å². The standard InChI is InChI=1S/C19H23FN4O3.HI/c1-4-27-17-11-15(8-9-16(17)26-3)24-19(21-2)22-12-18(25)23-14-7-5-6-13(20)10-14;/h5-11H,4,12H2,1-3H3,(H,23,25)(H2,21,22,24);1H. The van der Waals surface area contributed by atoms with Crippen LogP contribution < -0.4 is 25.4 Å². The van der Waals surface area contributed by atoms with Gasteiger partial charge in [-0.1, -0.05) is 6.07 Å². The van der Waals surface area contributed by atoms with Crippen molar-refractivity contribution in [1.29, 1.82) is 0 Å². The van der Waals surface area contributed by atoms with Crippen molar-refractivity contribution in [1.82, 2.24) is 5.32 Å². The van der Waals surface area contributed by atoms with Gasteiger partial charge in [-0.25, -0.2) is 4.39 Å². The van der Waals surface area contributed by atoms with Gasteiger partial charge in [0.05, 0.1) is 20.3 Å². The van der Waals surface area contributed by atoms with Gasteiger partial charge in [-0.3, -0.25) is 9.79 Å². The highest BCUT2D eigenvalue weighted by Crippen LogP contribution is 2.30. The average molecular weight is 502 g/mol. The molecule has 0 unspecified atom stereocenters. The molecule has 0 saturated heterocycles. The van der Waals surface area contributed by atoms with E-state index in [2.05, 4.69) is 20.9 Å². The molecule has 0 bridgehead atoms. The van der Waals surface area contributed by atoms with Crippen molar-refractivity contribution in [3.8, 4) is 11.5 Å². The molecule has 0 saturated carbocycles. The van der Waals surface area contributed by atoms with E-state index in [1.165, 1.54) is 18.2 Å². The maximum absolute atomic E-state index is 13.2. The summed E-state index contributed by atoms with van der Waals surface area (Å²) in [5.74, 6) is 0.886. The maximum atomic E-state index is 13.2. The molecule has 28 heavy (non-hydrogen) atoms. The molecule has 0 aliphatic heterocycles. The van der Waals surface area contributed by atoms with E-state index in [0.29, 0.717) is 29.8 Å². The van der Waals surface area contributed by atoms with Crippen LogP contribution in [0.1, 0.15) is 6.92 Å². The van der Waals surface area contributed by atoms with Gasteiger partial charge in [0, 0.05) is 24.5 Å². The Kier molecular flexibility index (Phi) is 10.1. The molecule has 2 rings (SSSR count). The molecular formula is C19H24FIN4O3. The predicted octanol–water partition coefficient (Wildman–Crippen LogP) is 3.48. The first-order valence-electron chi connectivity index (χ1n) is 8.39. The molecule has 2 aromatic carbocycles. The van der Waals surface area contributed by atoms with Crippen molar-refractivity contribution in [2.45, 2.75) is 6.92 Å². The average Bonchev–Trinajstić information content (AvgIpc) is 2.65. The highest BCUT2D eigenvalue weighted by molar-refractivity contribution is 14.0. The number of guanidine groups is 1. The number of amides is 1. The number of aliphatic imine (C=N–C) groups is 1. The summed E-state index contributed by atoms with van der Waals surface area (Å²) in [5.41, 5.74) is 1.11. The lowest BCUT2D eigenvalue weighted by atomic mass is 10.2. The Hall–Kier alpha value is -2.56. The van der Waals surface area contributed by atoms with Crippen molar-refractivity contribution in [3.05, 3.63) is 48.3 Å². The monoisotopic (exact) mass is 502 g/mol. The fourth-order valence-corrected chi connectivity index (χ4v) is 2.27. The van der Waals surface area contributed by atoms with E-state index in [9.17, 15) is 9.18 Å². The summed E-state index contributed by atoms with van der Waals surface area (Å²) in [6, 6.07) is 11.1. The molecular weight excluding hydrogens is 478 g/mol. The molecule has 0 radical (unpaired) electrons. The first kappa shape index (κ1) is 23.5. The van der Waals surface area contributed by atoms with Crippen LogP contribution in [-0.4, -0.2) is 39.2 Å². The number of nitrogens with zero attached hydrogens (tertiary/aromatic N) is 1. The SMILES string of the molecule is CCOc1cc(NC(=NC)NCC(=O)Nc2cccc(F)c2)ccc1OC.I. The number of hydrogen-bond acceptors (Lipinski definition) is 4. The van der Waals surface area contributed by atoms with Crippen LogP contribution >= 0.6 is 24.0 Å². The summed E-state index contributed by atoms with van der Waals surface area (Å²) in [4.78, 5) is 16.1. The van der Waals surface area contributed by atoms with Gasteiger partial charge < -0.3 is 25.4 Å². The van der Waals surface area contributed by atoms with E-state index in [4.69, 9.17) is 9.47 Å². The quantitative estimate of drug-likeness (QED) is 0.307. The first-order valence-corrected chi connectivity index (χ1v) is 8.39. The molecule has 0 atom stereocenters. The van der Waals surface area contributed by atoms with Gasteiger partial charge in [0.1, 0.15) is 5.82 Å². The molecule has 9 heteroatoms. The third-order valence-corrected chi connectivity index (χ3v) is 3.47. The second-order valence-corrected chi connectivity index (χ2v) is 5.41. The Bertz CT molecular complexity index is 818. The minimum atomic E-state index is -0.414. The van der Waals surface area contributed by atoms with Gasteiger partial charge in [-0.2, -0.15) is 0 Å². The molecule has 3 N–H and O–H groups in total. The molecule has 0 fully saturated rings. The highest BCUT2D eigenvalue weighted by atomic mass is 127. The summed E-state index contributed by atoms with van der Waals surface area (Å²) in [7, 11) is 3.16. The summed E-state index contributed by atoms with van der Waals surface area (Å²) in [5, 5.41) is 8.57. The van der Waals surface area contributed by atoms with Gasteiger partial charge in [0.2, 0.25) is 5.91 Å². The van der Waals surface area contributed by atoms with Crippen molar-refractivity contribution in [3.63, 3.8) is 0 Å². The molecule has 2 aromatic rings. The number of carbonyl (C=O) groups is 1. The highest BCUT2D eigenvalue weighted by Gasteiger charge is 2.08. The normalized spacial score (nSPS) is 10.5. The fraction of sp³-hybridized carbons (Fsp3) is 0.263. The smallest absolute Gasteiger partial charge is 0.243 e. The van der Waals surface area contributed by atoms with Gasteiger partial charge in [-0.15, -0.1) is 24.0 Å². The molecule has 0 aliphatic rings. The lowest BCUT2D eigenvalue weighted by molar-refractivity contribution is -0.115. The van der Waals surface area contributed by atoms with Gasteiger partial charge in [-0.05, 0) is 37.3 Å². The van der Waals surface area contributed by atoms with Gasteiger partial charge in [0.25, 0.3) is 0 Å². The van der Waals surface area contributed by atoms with E-state index in [-0.39, 0.29) is 36.4 Å². The molecule has 152 valence electrons. The first-order chi connectivity index (χ1) is 13.0. The number of methoxy groups -OCH3 is 1. The lowest BCUT2D eigenvalue weighted by Crippen LogP contribution is -2.37. The van der Waals surface area contributed by atoms with Crippen LogP contribution in [0.4, 0.5) is 15.8 Å². The molecule has 1 amide bonds. The van der Waals surface area contributed by atoms with Crippen molar-refractivity contribution in [2.24, 2.45) is 4.99 Å². The number of halogens is 2. The predicted molar refractivity (Wildman–Crippen MR) is 120 cm³/mol. The van der Waals surface area contributed by atoms with Crippen molar-refractivity contribution >= 4 is 47.2 Å². The van der Waals surface area contributed by atoms with Gasteiger partial charge >= 0.3 is 0 Å². The van der Waals surface area contributed by atoms with Crippen LogP contribution in [0.25, 0.3) is 0 Å². The molecule has 0 aliphatic carbocycles. The lowest BCUT2D eigenvalue weighted by Gasteiger charge is -2.14. The summed E-state index contributed by atoms with van der Waals surface area (Å²) < 4.78 is 23.9. The minimum absolute atomic E-state index is 0. The minimum Gasteiger partial charge on any atom is -0.493 e. The van der Waals surface area contributed by atoms with E-state index in [1.54, 1.807) is 38.4 Å². The Morgan fingerprint density at radius 3 is 2.50 bits per heavy atom. The maximum Gasteiger partial charge on any atom is 0.243 e. The Balaban J connectivity index is 0.00000392. The molecule has 0 spiro atoms. The van der Waals surface area contributed by atoms with E-state index < -0.39 is 5.82 Å². The zero-order chi connectivity index (χ0) is 19.6. The Labute approximate surface area is 180 Å². The third-order valence-electron chi connectivity index (χ3n) is 3.47. The number of carbonyl (C=O) groups excluding carboxylic acids is 1. The number of anilines is 2. The van der Waals surface area contributed by atoms with Gasteiger partial charge in [0.15, 0.2) is 17.5 Å². The molecule has 0 aromatic heterocycles. The van der Waals surface area contributed by atoms with E-state index >= 15 is 0 Å². The zero-order valence-electron chi connectivity index (χ0n) is 15.9. The fourth-order valence-electron chi connectivity index (χ4n) is 2.27. The van der Waals surface area contributed by atoms with Crippen LogP contribution in [0.5, 0.6) is 11.5 Å². The number of benzene rings is 2. The number of ether oxygens (including phenoxy) is 2. The number of rotatable bonds is 7. The van der Waals surface area contributed by atoms with E-state index in [0.717, 1.165) is 5.69 Å². The topological polar surface area (TPSA) is 84.0 Å². The molecule has 7 nitrogen and oxygen atoms in total. The van der Waals surface area contributed by atoms with Crippen LogP contribution in [-0.2, 0) is 4.79 Å². The summed E-state index contributed by atoms with van der Waals surface area (Å²) in [6.45, 7) is 2.36. The second-order valence-electron chi connectivity index (χ2n) is 5.41. The number of nitrogens with one attached hydrogen (secondary N) is 3. The van der Waals surface area contributed by atoms with Crippen LogP contribution in [0.15, 0.2) is 47.5 Å². The van der Waals surface area contributed by atoms with Crippen molar-refractivity contribution < 1.29 is 18.7 Å². The summed E-state index contributed by atoms with van der Waals surface area (Å²) in [6.07, 6.45) is 0. The summed E-state index contributed by atoms with van der Waals surface area (Å²) >= 11 is 0. The zero-order valence-corrected chi connectivity index (χ0v) is 18.2.